The molecule has 0 aromatic carbocycles. The van der Waals surface area contributed by atoms with Gasteiger partial charge < -0.3 is 19.9 Å². The summed E-state index contributed by atoms with van der Waals surface area (Å²) in [5.74, 6) is -0.289. The Balaban J connectivity index is 1.79. The highest BCUT2D eigenvalue weighted by Gasteiger charge is 2.40. The van der Waals surface area contributed by atoms with Crippen molar-refractivity contribution in [2.45, 2.75) is 38.1 Å². The fourth-order valence-electron chi connectivity index (χ4n) is 2.92. The number of likely N-dealkylation sites (N-methyl/N-ethyl adjacent to an activating group) is 1. The number of carbonyl (C=O) groups is 1. The van der Waals surface area contributed by atoms with Crippen LogP contribution in [0.4, 0.5) is 13.2 Å². The van der Waals surface area contributed by atoms with Crippen molar-refractivity contribution in [3.63, 3.8) is 0 Å². The maximum atomic E-state index is 12.7. The normalized spacial score (nSPS) is 24.5. The van der Waals surface area contributed by atoms with Gasteiger partial charge in [0.2, 0.25) is 5.91 Å². The van der Waals surface area contributed by atoms with E-state index < -0.39 is 18.6 Å². The second-order valence-corrected chi connectivity index (χ2v) is 6.60. The van der Waals surface area contributed by atoms with E-state index in [0.717, 1.165) is 30.8 Å². The van der Waals surface area contributed by atoms with Gasteiger partial charge in [0.25, 0.3) is 0 Å². The first kappa shape index (κ1) is 18.5. The lowest BCUT2D eigenvalue weighted by molar-refractivity contribution is -0.165. The molecule has 2 atom stereocenters. The van der Waals surface area contributed by atoms with Crippen molar-refractivity contribution in [2.75, 3.05) is 46.4 Å². The summed E-state index contributed by atoms with van der Waals surface area (Å²) in [5, 5.41) is 2.95. The third-order valence-corrected chi connectivity index (χ3v) is 4.46. The zero-order chi connectivity index (χ0) is 17.0. The summed E-state index contributed by atoms with van der Waals surface area (Å²) in [4.78, 5) is 15.3. The SMILES string of the molecule is C[C@H](C1CC1)N(CC(F)(F)F)C(=O)CNC[C@@H]1CN(C)CCO1. The Morgan fingerprint density at radius 2 is 2.13 bits per heavy atom. The molecule has 1 N–H and O–H groups in total. The van der Waals surface area contributed by atoms with Crippen LogP contribution in [0.1, 0.15) is 19.8 Å². The van der Waals surface area contributed by atoms with Crippen molar-refractivity contribution >= 4 is 5.91 Å². The van der Waals surface area contributed by atoms with Crippen LogP contribution in [0, 0.1) is 5.92 Å². The Morgan fingerprint density at radius 3 is 2.70 bits per heavy atom. The molecule has 134 valence electrons. The topological polar surface area (TPSA) is 44.8 Å². The highest BCUT2D eigenvalue weighted by Crippen LogP contribution is 2.36. The smallest absolute Gasteiger partial charge is 0.374 e. The van der Waals surface area contributed by atoms with Gasteiger partial charge in [0.15, 0.2) is 0 Å². The first-order valence-electron chi connectivity index (χ1n) is 8.13. The average Bonchev–Trinajstić information content (AvgIpc) is 3.27. The van der Waals surface area contributed by atoms with Gasteiger partial charge in [-0.3, -0.25) is 4.79 Å². The Morgan fingerprint density at radius 1 is 1.43 bits per heavy atom. The molecule has 0 spiro atoms. The molecule has 2 rings (SSSR count). The minimum atomic E-state index is -4.37. The number of rotatable bonds is 7. The number of nitrogens with zero attached hydrogens (tertiary/aromatic N) is 2. The van der Waals surface area contributed by atoms with Gasteiger partial charge >= 0.3 is 6.18 Å². The van der Waals surface area contributed by atoms with E-state index in [-0.39, 0.29) is 24.6 Å². The maximum Gasteiger partial charge on any atom is 0.406 e. The zero-order valence-electron chi connectivity index (χ0n) is 13.7. The van der Waals surface area contributed by atoms with Crippen LogP contribution in [0.15, 0.2) is 0 Å². The largest absolute Gasteiger partial charge is 0.406 e. The van der Waals surface area contributed by atoms with Crippen LogP contribution in [0.5, 0.6) is 0 Å². The lowest BCUT2D eigenvalue weighted by atomic mass is 10.1. The number of morpholine rings is 1. The molecule has 1 saturated heterocycles. The van der Waals surface area contributed by atoms with E-state index in [1.165, 1.54) is 0 Å². The van der Waals surface area contributed by atoms with Gasteiger partial charge in [0.1, 0.15) is 6.54 Å². The quantitative estimate of drug-likeness (QED) is 0.756. The summed E-state index contributed by atoms with van der Waals surface area (Å²) in [6.07, 6.45) is -2.59. The number of ether oxygens (including phenoxy) is 1. The molecule has 8 heteroatoms. The number of carbonyl (C=O) groups excluding carboxylic acids is 1. The molecule has 1 aliphatic carbocycles. The predicted molar refractivity (Wildman–Crippen MR) is 80.1 cm³/mol. The van der Waals surface area contributed by atoms with Crippen molar-refractivity contribution in [2.24, 2.45) is 5.92 Å². The van der Waals surface area contributed by atoms with E-state index in [2.05, 4.69) is 10.2 Å². The lowest BCUT2D eigenvalue weighted by Gasteiger charge is -2.32. The molecule has 1 heterocycles. The van der Waals surface area contributed by atoms with Gasteiger partial charge in [-0.05, 0) is 32.7 Å². The molecule has 1 amide bonds. The summed E-state index contributed by atoms with van der Waals surface area (Å²) in [6.45, 7) is 3.17. The van der Waals surface area contributed by atoms with Crippen molar-refractivity contribution in [3.05, 3.63) is 0 Å². The van der Waals surface area contributed by atoms with E-state index in [1.54, 1.807) is 6.92 Å². The molecule has 2 fully saturated rings. The highest BCUT2D eigenvalue weighted by molar-refractivity contribution is 5.78. The molecule has 0 unspecified atom stereocenters. The molecule has 23 heavy (non-hydrogen) atoms. The van der Waals surface area contributed by atoms with Crippen LogP contribution >= 0.6 is 0 Å². The number of alkyl halides is 3. The highest BCUT2D eigenvalue weighted by atomic mass is 19.4. The van der Waals surface area contributed by atoms with Crippen LogP contribution in [0.25, 0.3) is 0 Å². The van der Waals surface area contributed by atoms with Gasteiger partial charge in [0, 0.05) is 25.7 Å². The lowest BCUT2D eigenvalue weighted by Crippen LogP contribution is -2.50. The monoisotopic (exact) mass is 337 g/mol. The minimum absolute atomic E-state index is 0.0292. The third kappa shape index (κ3) is 6.27. The number of nitrogens with one attached hydrogen (secondary N) is 1. The molecule has 0 aromatic heterocycles. The Labute approximate surface area is 135 Å². The predicted octanol–water partition coefficient (Wildman–Crippen LogP) is 1.10. The summed E-state index contributed by atoms with van der Waals surface area (Å²) < 4.78 is 43.7. The Hall–Kier alpha value is -0.860. The van der Waals surface area contributed by atoms with Crippen molar-refractivity contribution in [1.29, 1.82) is 0 Å². The average molecular weight is 337 g/mol. The second kappa shape index (κ2) is 7.81. The van der Waals surface area contributed by atoms with Crippen LogP contribution in [-0.2, 0) is 9.53 Å². The van der Waals surface area contributed by atoms with E-state index >= 15 is 0 Å². The molecule has 1 saturated carbocycles. The fourth-order valence-corrected chi connectivity index (χ4v) is 2.92. The van der Waals surface area contributed by atoms with E-state index in [4.69, 9.17) is 4.74 Å². The van der Waals surface area contributed by atoms with Gasteiger partial charge in [-0.25, -0.2) is 0 Å². The molecule has 5 nitrogen and oxygen atoms in total. The second-order valence-electron chi connectivity index (χ2n) is 6.60. The molecule has 1 aliphatic heterocycles. The van der Waals surface area contributed by atoms with Gasteiger partial charge in [0.05, 0.1) is 19.3 Å². The van der Waals surface area contributed by atoms with Crippen molar-refractivity contribution < 1.29 is 22.7 Å². The summed E-state index contributed by atoms with van der Waals surface area (Å²) >= 11 is 0. The van der Waals surface area contributed by atoms with Crippen LogP contribution in [-0.4, -0.2) is 80.4 Å². The first-order valence-corrected chi connectivity index (χ1v) is 8.13. The molecular weight excluding hydrogens is 311 g/mol. The Bertz CT molecular complexity index is 402. The zero-order valence-corrected chi connectivity index (χ0v) is 13.7. The van der Waals surface area contributed by atoms with Gasteiger partial charge in [-0.2, -0.15) is 13.2 Å². The first-order chi connectivity index (χ1) is 10.8. The molecule has 0 aromatic rings. The van der Waals surface area contributed by atoms with Crippen LogP contribution in [0.3, 0.4) is 0 Å². The van der Waals surface area contributed by atoms with Crippen molar-refractivity contribution in [1.82, 2.24) is 15.1 Å². The summed E-state index contributed by atoms with van der Waals surface area (Å²) in [7, 11) is 1.99. The molecule has 2 aliphatic rings. The van der Waals surface area contributed by atoms with Gasteiger partial charge in [-0.15, -0.1) is 0 Å². The Kier molecular flexibility index (Phi) is 6.27. The van der Waals surface area contributed by atoms with Crippen LogP contribution in [0.2, 0.25) is 0 Å². The maximum absolute atomic E-state index is 12.7. The number of halogens is 3. The fraction of sp³-hybridized carbons (Fsp3) is 0.933. The van der Waals surface area contributed by atoms with Crippen molar-refractivity contribution in [3.8, 4) is 0 Å². The summed E-state index contributed by atoms with van der Waals surface area (Å²) in [6, 6.07) is -0.358. The van der Waals surface area contributed by atoms with E-state index in [0.29, 0.717) is 13.2 Å². The minimum Gasteiger partial charge on any atom is -0.374 e. The third-order valence-electron chi connectivity index (χ3n) is 4.46. The molecule has 0 radical (unpaired) electrons. The van der Waals surface area contributed by atoms with Crippen LogP contribution < -0.4 is 5.32 Å². The molecular formula is C15H26F3N3O2. The number of hydrogen-bond donors (Lipinski definition) is 1. The summed E-state index contributed by atoms with van der Waals surface area (Å²) in [5.41, 5.74) is 0. The van der Waals surface area contributed by atoms with E-state index in [9.17, 15) is 18.0 Å². The van der Waals surface area contributed by atoms with Gasteiger partial charge in [-0.1, -0.05) is 0 Å². The number of hydrogen-bond acceptors (Lipinski definition) is 4. The number of amides is 1. The van der Waals surface area contributed by atoms with E-state index in [1.807, 2.05) is 7.05 Å². The molecule has 0 bridgehead atoms. The standard InChI is InChI=1S/C15H26F3N3O2/c1-11(12-3-4-12)21(10-15(16,17)18)14(22)8-19-7-13-9-20(2)5-6-23-13/h11-13,19H,3-10H2,1-2H3/t11-,13-/m1/s1.